The fraction of sp³-hybridized carbons (Fsp3) is 0.400. The first-order chi connectivity index (χ1) is 5.75. The molecule has 1 aromatic carbocycles. The summed E-state index contributed by atoms with van der Waals surface area (Å²) in [6.07, 6.45) is 0. The van der Waals surface area contributed by atoms with E-state index in [1.54, 1.807) is 0 Å². The highest BCUT2D eigenvalue weighted by atomic mass is 79.9. The summed E-state index contributed by atoms with van der Waals surface area (Å²) in [4.78, 5) is 0.457. The Morgan fingerprint density at radius 3 is 2.33 bits per heavy atom. The maximum absolute atomic E-state index is 3.68. The fourth-order valence-corrected chi connectivity index (χ4v) is 2.41. The van der Waals surface area contributed by atoms with E-state index in [-0.39, 0.29) is 0 Å². The molecule has 2 atom stereocenters. The summed E-state index contributed by atoms with van der Waals surface area (Å²) < 4.78 is 0. The van der Waals surface area contributed by atoms with Crippen molar-refractivity contribution in [2.75, 3.05) is 5.33 Å². The van der Waals surface area contributed by atoms with Crippen molar-refractivity contribution in [3.8, 4) is 0 Å². The van der Waals surface area contributed by atoms with Crippen LogP contribution in [0, 0.1) is 5.92 Å². The van der Waals surface area contributed by atoms with Gasteiger partial charge in [0.05, 0.1) is 0 Å². The summed E-state index contributed by atoms with van der Waals surface area (Å²) >= 11 is 7.16. The molecule has 0 saturated carbocycles. The predicted octanol–water partition coefficient (Wildman–Crippen LogP) is 4.15. The van der Waals surface area contributed by atoms with Crippen LogP contribution in [0.3, 0.4) is 0 Å². The molecule has 1 rings (SSSR count). The third kappa shape index (κ3) is 2.60. The van der Waals surface area contributed by atoms with Crippen LogP contribution in [-0.2, 0) is 0 Å². The van der Waals surface area contributed by atoms with Gasteiger partial charge in [-0.1, -0.05) is 69.1 Å². The van der Waals surface area contributed by atoms with Crippen molar-refractivity contribution in [3.63, 3.8) is 0 Å². The van der Waals surface area contributed by atoms with E-state index in [0.29, 0.717) is 10.7 Å². The summed E-state index contributed by atoms with van der Waals surface area (Å²) in [6, 6.07) is 10.5. The molecule has 0 fully saturated rings. The summed E-state index contributed by atoms with van der Waals surface area (Å²) in [5, 5.41) is 1.03. The van der Waals surface area contributed by atoms with Crippen molar-refractivity contribution in [2.24, 2.45) is 5.92 Å². The van der Waals surface area contributed by atoms with Crippen molar-refractivity contribution in [1.82, 2.24) is 0 Å². The minimum atomic E-state index is 0.457. The highest BCUT2D eigenvalue weighted by Gasteiger charge is 2.13. The fourth-order valence-electron chi connectivity index (χ4n) is 1.04. The zero-order valence-electron chi connectivity index (χ0n) is 7.00. The first-order valence-electron chi connectivity index (χ1n) is 4.00. The Morgan fingerprint density at radius 2 is 1.83 bits per heavy atom. The van der Waals surface area contributed by atoms with Gasteiger partial charge in [-0.15, -0.1) is 0 Å². The number of hydrogen-bond donors (Lipinski definition) is 0. The molecular formula is C10H12Br2. The topological polar surface area (TPSA) is 0 Å². The molecule has 0 N–H and O–H groups in total. The van der Waals surface area contributed by atoms with Gasteiger partial charge in [-0.3, -0.25) is 0 Å². The molecule has 0 radical (unpaired) electrons. The molecule has 0 saturated heterocycles. The second kappa shape index (κ2) is 5.03. The van der Waals surface area contributed by atoms with E-state index >= 15 is 0 Å². The van der Waals surface area contributed by atoms with Crippen LogP contribution in [0.1, 0.15) is 17.3 Å². The van der Waals surface area contributed by atoms with E-state index < -0.39 is 0 Å². The minimum absolute atomic E-state index is 0.457. The van der Waals surface area contributed by atoms with Gasteiger partial charge >= 0.3 is 0 Å². The number of benzene rings is 1. The quantitative estimate of drug-likeness (QED) is 0.734. The molecule has 0 heterocycles. The number of hydrogen-bond acceptors (Lipinski definition) is 0. The molecule has 0 amide bonds. The molecule has 0 nitrogen and oxygen atoms in total. The van der Waals surface area contributed by atoms with Crippen molar-refractivity contribution in [3.05, 3.63) is 35.9 Å². The summed E-state index contributed by atoms with van der Waals surface area (Å²) in [6.45, 7) is 2.22. The highest BCUT2D eigenvalue weighted by molar-refractivity contribution is 9.09. The lowest BCUT2D eigenvalue weighted by atomic mass is 10.0. The van der Waals surface area contributed by atoms with Gasteiger partial charge in [-0.2, -0.15) is 0 Å². The molecular weight excluding hydrogens is 280 g/mol. The average molecular weight is 292 g/mol. The molecule has 0 aliphatic rings. The van der Waals surface area contributed by atoms with E-state index in [2.05, 4.69) is 63.0 Å². The smallest absolute Gasteiger partial charge is 0.0428 e. The Hall–Kier alpha value is 0.180. The van der Waals surface area contributed by atoms with Crippen LogP contribution >= 0.6 is 31.9 Å². The molecule has 0 aromatic heterocycles. The van der Waals surface area contributed by atoms with Crippen molar-refractivity contribution in [1.29, 1.82) is 0 Å². The van der Waals surface area contributed by atoms with Crippen LogP contribution in [0.25, 0.3) is 0 Å². The lowest BCUT2D eigenvalue weighted by Gasteiger charge is -2.15. The van der Waals surface area contributed by atoms with E-state index in [0.717, 1.165) is 5.33 Å². The van der Waals surface area contributed by atoms with Gasteiger partial charge in [0.1, 0.15) is 0 Å². The molecule has 0 bridgehead atoms. The normalized spacial score (nSPS) is 15.6. The maximum Gasteiger partial charge on any atom is 0.0428 e. The van der Waals surface area contributed by atoms with Crippen LogP contribution in [-0.4, -0.2) is 5.33 Å². The predicted molar refractivity (Wildman–Crippen MR) is 61.1 cm³/mol. The molecule has 2 unspecified atom stereocenters. The average Bonchev–Trinajstić information content (AvgIpc) is 2.17. The highest BCUT2D eigenvalue weighted by Crippen LogP contribution is 2.31. The Kier molecular flexibility index (Phi) is 4.30. The number of halogens is 2. The van der Waals surface area contributed by atoms with Gasteiger partial charge in [0, 0.05) is 10.2 Å². The largest absolute Gasteiger partial charge is 0.0925 e. The van der Waals surface area contributed by atoms with Gasteiger partial charge in [0.2, 0.25) is 0 Å². The minimum Gasteiger partial charge on any atom is -0.0925 e. The van der Waals surface area contributed by atoms with Gasteiger partial charge < -0.3 is 0 Å². The van der Waals surface area contributed by atoms with E-state index in [4.69, 9.17) is 0 Å². The zero-order valence-corrected chi connectivity index (χ0v) is 10.2. The van der Waals surface area contributed by atoms with E-state index in [1.807, 2.05) is 6.07 Å². The third-order valence-corrected chi connectivity index (χ3v) is 4.31. The van der Waals surface area contributed by atoms with Crippen molar-refractivity contribution in [2.45, 2.75) is 11.8 Å². The van der Waals surface area contributed by atoms with Gasteiger partial charge in [0.25, 0.3) is 0 Å². The van der Waals surface area contributed by atoms with E-state index in [9.17, 15) is 0 Å². The zero-order chi connectivity index (χ0) is 8.97. The second-order valence-corrected chi connectivity index (χ2v) is 4.58. The molecule has 0 spiro atoms. The Balaban J connectivity index is 2.71. The molecule has 66 valence electrons. The van der Waals surface area contributed by atoms with Crippen molar-refractivity contribution >= 4 is 31.9 Å². The lowest BCUT2D eigenvalue weighted by Crippen LogP contribution is -2.04. The standard InChI is InChI=1S/C10H12Br2/c1-8(7-11)10(12)9-5-3-2-4-6-9/h2-6,8,10H,7H2,1H3. The monoisotopic (exact) mass is 290 g/mol. The van der Waals surface area contributed by atoms with Crippen molar-refractivity contribution < 1.29 is 0 Å². The second-order valence-electron chi connectivity index (χ2n) is 2.94. The Bertz CT molecular complexity index is 221. The maximum atomic E-state index is 3.68. The molecule has 0 aliphatic heterocycles. The SMILES string of the molecule is CC(CBr)C(Br)c1ccccc1. The molecule has 0 aliphatic carbocycles. The Labute approximate surface area is 90.6 Å². The van der Waals surface area contributed by atoms with Crippen LogP contribution in [0.5, 0.6) is 0 Å². The van der Waals surface area contributed by atoms with Crippen LogP contribution < -0.4 is 0 Å². The molecule has 2 heteroatoms. The first-order valence-corrected chi connectivity index (χ1v) is 6.04. The number of rotatable bonds is 3. The Morgan fingerprint density at radius 1 is 1.25 bits per heavy atom. The van der Waals surface area contributed by atoms with E-state index in [1.165, 1.54) is 5.56 Å². The third-order valence-electron chi connectivity index (χ3n) is 1.86. The number of alkyl halides is 2. The summed E-state index contributed by atoms with van der Waals surface area (Å²) in [5.74, 6) is 0.618. The molecule has 1 aromatic rings. The van der Waals surface area contributed by atoms with Crippen LogP contribution in [0.2, 0.25) is 0 Å². The summed E-state index contributed by atoms with van der Waals surface area (Å²) in [7, 11) is 0. The van der Waals surface area contributed by atoms with Gasteiger partial charge in [-0.05, 0) is 11.5 Å². The first kappa shape index (κ1) is 10.3. The van der Waals surface area contributed by atoms with Gasteiger partial charge in [-0.25, -0.2) is 0 Å². The lowest BCUT2D eigenvalue weighted by molar-refractivity contribution is 0.657. The van der Waals surface area contributed by atoms with Crippen LogP contribution in [0.15, 0.2) is 30.3 Å². The summed E-state index contributed by atoms with van der Waals surface area (Å²) in [5.41, 5.74) is 1.35. The van der Waals surface area contributed by atoms with Crippen LogP contribution in [0.4, 0.5) is 0 Å². The molecule has 12 heavy (non-hydrogen) atoms. The van der Waals surface area contributed by atoms with Gasteiger partial charge in [0.15, 0.2) is 0 Å².